The first-order valence-electron chi connectivity index (χ1n) is 10.4. The minimum Gasteiger partial charge on any atom is -0.457 e. The summed E-state index contributed by atoms with van der Waals surface area (Å²) in [7, 11) is 0. The second-order valence-electron chi connectivity index (χ2n) is 7.32. The van der Waals surface area contributed by atoms with Crippen LogP contribution in [0.3, 0.4) is 0 Å². The van der Waals surface area contributed by atoms with Gasteiger partial charge in [-0.05, 0) is 48.5 Å². The summed E-state index contributed by atoms with van der Waals surface area (Å²) in [5, 5.41) is 15.2. The summed E-state index contributed by atoms with van der Waals surface area (Å²) in [5.41, 5.74) is 0.655. The third kappa shape index (κ3) is 8.08. The normalized spacial score (nSPS) is 10.8. The van der Waals surface area contributed by atoms with E-state index in [9.17, 15) is 27.6 Å². The number of ether oxygens (including phenoxy) is 1. The molecule has 0 saturated heterocycles. The summed E-state index contributed by atoms with van der Waals surface area (Å²) in [4.78, 5) is 39.3. The molecule has 0 aliphatic rings. The van der Waals surface area contributed by atoms with Crippen LogP contribution in [-0.4, -0.2) is 34.6 Å². The topological polar surface area (TPSA) is 142 Å². The van der Waals surface area contributed by atoms with Crippen LogP contribution in [0.15, 0.2) is 60.8 Å². The van der Waals surface area contributed by atoms with Crippen molar-refractivity contribution >= 4 is 40.8 Å². The molecule has 4 amide bonds. The lowest BCUT2D eigenvalue weighted by Crippen LogP contribution is -2.29. The molecule has 3 aromatic rings. The number of urea groups is 1. The standard InChI is InChI=1S/C23H19ClF3N5O5/c24-18-6-3-14(11-17(18)23(25,26)27)31-22(35)30-13-1-4-15(5-2-13)37-16-7-9-28-19(12-16)21(34)29-10-8-20(33)32-36/h1-7,9,11-12,36H,8,10H2,(H,29,34)(H,32,33)(H2,30,31,35). The number of pyridine rings is 1. The molecule has 1 heterocycles. The number of hydrogen-bond acceptors (Lipinski definition) is 6. The highest BCUT2D eigenvalue weighted by Crippen LogP contribution is 2.36. The first-order valence-corrected chi connectivity index (χ1v) is 10.8. The summed E-state index contributed by atoms with van der Waals surface area (Å²) in [5.74, 6) is -0.559. The molecule has 0 spiro atoms. The van der Waals surface area contributed by atoms with E-state index in [1.807, 2.05) is 0 Å². The number of carbonyl (C=O) groups excluding carboxylic acids is 3. The number of alkyl halides is 3. The molecule has 0 aliphatic carbocycles. The van der Waals surface area contributed by atoms with Crippen molar-refractivity contribution in [2.45, 2.75) is 12.6 Å². The first-order chi connectivity index (χ1) is 17.5. The molecule has 0 atom stereocenters. The van der Waals surface area contributed by atoms with E-state index < -0.39 is 34.6 Å². The van der Waals surface area contributed by atoms with Gasteiger partial charge >= 0.3 is 12.2 Å². The zero-order valence-corrected chi connectivity index (χ0v) is 19.5. The van der Waals surface area contributed by atoms with E-state index in [1.54, 1.807) is 0 Å². The molecular formula is C23H19ClF3N5O5. The highest BCUT2D eigenvalue weighted by molar-refractivity contribution is 6.31. The number of carbonyl (C=O) groups is 3. The number of halogens is 4. The van der Waals surface area contributed by atoms with Gasteiger partial charge in [0.15, 0.2) is 0 Å². The molecule has 0 radical (unpaired) electrons. The Morgan fingerprint density at radius 2 is 1.62 bits per heavy atom. The van der Waals surface area contributed by atoms with Crippen molar-refractivity contribution in [2.75, 3.05) is 17.2 Å². The molecule has 0 saturated carbocycles. The van der Waals surface area contributed by atoms with E-state index in [1.165, 1.54) is 54.1 Å². The van der Waals surface area contributed by atoms with E-state index in [0.717, 1.165) is 12.1 Å². The lowest BCUT2D eigenvalue weighted by molar-refractivity contribution is -0.137. The number of benzene rings is 2. The Balaban J connectivity index is 1.56. The Hall–Kier alpha value is -4.36. The molecule has 0 bridgehead atoms. The maximum absolute atomic E-state index is 13.0. The Morgan fingerprint density at radius 1 is 0.946 bits per heavy atom. The van der Waals surface area contributed by atoms with E-state index in [4.69, 9.17) is 21.5 Å². The number of hydrogen-bond donors (Lipinski definition) is 5. The third-order valence-corrected chi connectivity index (χ3v) is 4.93. The number of rotatable bonds is 8. The number of aromatic nitrogens is 1. The molecule has 10 nitrogen and oxygen atoms in total. The zero-order valence-electron chi connectivity index (χ0n) is 18.7. The third-order valence-electron chi connectivity index (χ3n) is 4.60. The first kappa shape index (κ1) is 27.2. The van der Waals surface area contributed by atoms with Crippen LogP contribution in [-0.2, 0) is 11.0 Å². The summed E-state index contributed by atoms with van der Waals surface area (Å²) < 4.78 is 44.6. The Bertz CT molecular complexity index is 1290. The van der Waals surface area contributed by atoms with Crippen molar-refractivity contribution in [1.82, 2.24) is 15.8 Å². The van der Waals surface area contributed by atoms with Gasteiger partial charge in [-0.3, -0.25) is 19.8 Å². The second-order valence-corrected chi connectivity index (χ2v) is 7.72. The van der Waals surface area contributed by atoms with Gasteiger partial charge in [0.05, 0.1) is 10.6 Å². The van der Waals surface area contributed by atoms with Crippen LogP contribution in [0.2, 0.25) is 5.02 Å². The summed E-state index contributed by atoms with van der Waals surface area (Å²) in [6.07, 6.45) is -3.43. The van der Waals surface area contributed by atoms with E-state index >= 15 is 0 Å². The smallest absolute Gasteiger partial charge is 0.417 e. The summed E-state index contributed by atoms with van der Waals surface area (Å²) in [6.45, 7) is -0.0124. The highest BCUT2D eigenvalue weighted by Gasteiger charge is 2.33. The van der Waals surface area contributed by atoms with Crippen LogP contribution in [0.4, 0.5) is 29.3 Å². The minimum absolute atomic E-state index is 0.0124. The predicted octanol–water partition coefficient (Wildman–Crippen LogP) is 4.82. The molecule has 0 unspecified atom stereocenters. The largest absolute Gasteiger partial charge is 0.457 e. The molecule has 0 aliphatic heterocycles. The molecular weight excluding hydrogens is 519 g/mol. The van der Waals surface area contributed by atoms with Crippen LogP contribution >= 0.6 is 11.6 Å². The quantitative estimate of drug-likeness (QED) is 0.206. The monoisotopic (exact) mass is 537 g/mol. The van der Waals surface area contributed by atoms with Gasteiger partial charge in [0.25, 0.3) is 5.91 Å². The number of anilines is 2. The van der Waals surface area contributed by atoms with Gasteiger partial charge in [0, 0.05) is 36.6 Å². The van der Waals surface area contributed by atoms with Gasteiger partial charge in [-0.2, -0.15) is 13.2 Å². The van der Waals surface area contributed by atoms with E-state index in [-0.39, 0.29) is 30.1 Å². The number of hydroxylamine groups is 1. The molecule has 0 fully saturated rings. The van der Waals surface area contributed by atoms with Crippen molar-refractivity contribution in [2.24, 2.45) is 0 Å². The maximum atomic E-state index is 13.0. The van der Waals surface area contributed by atoms with E-state index in [0.29, 0.717) is 11.4 Å². The van der Waals surface area contributed by atoms with Crippen LogP contribution in [0.5, 0.6) is 11.5 Å². The lowest BCUT2D eigenvalue weighted by atomic mass is 10.2. The number of amides is 4. The molecule has 3 rings (SSSR count). The van der Waals surface area contributed by atoms with Gasteiger partial charge in [0.2, 0.25) is 5.91 Å². The van der Waals surface area contributed by atoms with Crippen molar-refractivity contribution in [3.63, 3.8) is 0 Å². The van der Waals surface area contributed by atoms with Crippen molar-refractivity contribution in [3.05, 3.63) is 77.1 Å². The van der Waals surface area contributed by atoms with Crippen molar-refractivity contribution in [3.8, 4) is 11.5 Å². The second kappa shape index (κ2) is 12.1. The maximum Gasteiger partial charge on any atom is 0.417 e. The van der Waals surface area contributed by atoms with E-state index in [2.05, 4.69) is 20.9 Å². The number of nitrogens with one attached hydrogen (secondary N) is 4. The molecule has 2 aromatic carbocycles. The fourth-order valence-electron chi connectivity index (χ4n) is 2.89. The Labute approximate surface area is 212 Å². The summed E-state index contributed by atoms with van der Waals surface area (Å²) in [6, 6.07) is 11.2. The van der Waals surface area contributed by atoms with Gasteiger partial charge < -0.3 is 20.7 Å². The number of nitrogens with zero attached hydrogens (tertiary/aromatic N) is 1. The van der Waals surface area contributed by atoms with Gasteiger partial charge in [-0.1, -0.05) is 11.6 Å². The fourth-order valence-corrected chi connectivity index (χ4v) is 3.12. The Morgan fingerprint density at radius 3 is 2.30 bits per heavy atom. The SMILES string of the molecule is O=C(CCNC(=O)c1cc(Oc2ccc(NC(=O)Nc3ccc(Cl)c(C(F)(F)F)c3)cc2)ccn1)NO. The van der Waals surface area contributed by atoms with Crippen LogP contribution in [0.1, 0.15) is 22.5 Å². The van der Waals surface area contributed by atoms with Crippen LogP contribution in [0, 0.1) is 0 Å². The summed E-state index contributed by atoms with van der Waals surface area (Å²) >= 11 is 5.58. The van der Waals surface area contributed by atoms with Gasteiger partial charge in [0.1, 0.15) is 17.2 Å². The van der Waals surface area contributed by atoms with Crippen molar-refractivity contribution < 1.29 is 37.5 Å². The highest BCUT2D eigenvalue weighted by atomic mass is 35.5. The van der Waals surface area contributed by atoms with Gasteiger partial charge in [-0.15, -0.1) is 0 Å². The average molecular weight is 538 g/mol. The van der Waals surface area contributed by atoms with Crippen LogP contribution < -0.4 is 26.2 Å². The predicted molar refractivity (Wildman–Crippen MR) is 127 cm³/mol. The fraction of sp³-hybridized carbons (Fsp3) is 0.130. The van der Waals surface area contributed by atoms with Crippen LogP contribution in [0.25, 0.3) is 0 Å². The minimum atomic E-state index is -4.67. The average Bonchev–Trinajstić information content (AvgIpc) is 2.85. The molecule has 5 N–H and O–H groups in total. The lowest BCUT2D eigenvalue weighted by Gasteiger charge is -2.12. The zero-order chi connectivity index (χ0) is 27.0. The molecule has 14 heteroatoms. The molecule has 37 heavy (non-hydrogen) atoms. The Kier molecular flexibility index (Phi) is 8.87. The molecule has 1 aromatic heterocycles. The van der Waals surface area contributed by atoms with Crippen molar-refractivity contribution in [1.29, 1.82) is 0 Å². The molecule has 194 valence electrons. The van der Waals surface area contributed by atoms with Gasteiger partial charge in [-0.25, -0.2) is 10.3 Å².